The van der Waals surface area contributed by atoms with Crippen molar-refractivity contribution < 1.29 is 64.8 Å². The van der Waals surface area contributed by atoms with Crippen LogP contribution in [-0.2, 0) is 18.0 Å². The van der Waals surface area contributed by atoms with Crippen LogP contribution in [0, 0.1) is 5.41 Å². The number of aromatic nitrogens is 4. The fourth-order valence-corrected chi connectivity index (χ4v) is 3.26. The Bertz CT molecular complexity index is 1790. The predicted octanol–water partition coefficient (Wildman–Crippen LogP) is 8.92. The van der Waals surface area contributed by atoms with Gasteiger partial charge in [0.2, 0.25) is 6.21 Å². The van der Waals surface area contributed by atoms with Crippen molar-refractivity contribution in [2.24, 2.45) is 5.73 Å². The van der Waals surface area contributed by atoms with Gasteiger partial charge in [-0.3, -0.25) is 5.41 Å². The maximum absolute atomic E-state index is 10.7. The molecule has 0 bridgehead atoms. The summed E-state index contributed by atoms with van der Waals surface area (Å²) < 4.78 is 72.5. The fraction of sp³-hybridized carbons (Fsp3) is 0.400. The van der Waals surface area contributed by atoms with Crippen LogP contribution in [0.2, 0.25) is 0 Å². The van der Waals surface area contributed by atoms with Crippen LogP contribution in [0.4, 0.5) is 25.2 Å². The Morgan fingerprint density at radius 3 is 1.38 bits per heavy atom. The second-order valence-corrected chi connectivity index (χ2v) is 14.1. The number of nitrogens with two attached hydrogens (primary N) is 1. The predicted molar refractivity (Wildman–Crippen MR) is 242 cm³/mol. The molecule has 2 heterocycles. The molecule has 8 N–H and O–H groups in total. The number of aliphatic hydroxyl groups excluding tert-OH is 4. The van der Waals surface area contributed by atoms with E-state index in [2.05, 4.69) is 32.1 Å². The van der Waals surface area contributed by atoms with Gasteiger partial charge in [0.15, 0.2) is 28.9 Å². The summed E-state index contributed by atoms with van der Waals surface area (Å²) in [5, 5.41) is 48.7. The standard InChI is InChI=1S/C14H21N2O.C13H14N2O2.C6H8N2O2.C3H8N2O.CH4O.3CH4.ClH.F6P/c1-15(2)10-14(11-16(3)4)17-12-13-8-6-5-7-9-13;1-10(16)13-14-7-12(8-15-13)17-9-11-5-3-2-4-6-11;1-4(9)6-7-2-5(10)3-8-6;1-2(6)3(4)5;1-2;;;;;1-7(2,3,4,5)6/h5-11H,12H2,1-4H3;2-8,10,16H,9H2,1H3;2-4,9-10H,1H3;2,6H,1H3,(H3,4,5);2H,1H3;3*1H4;1H;/q+1;;;;;;;;;-1. The number of halogens is 7. The van der Waals surface area contributed by atoms with Gasteiger partial charge in [-0.05, 0) is 31.9 Å². The number of nitrogens with zero attached hydrogens (tertiary/aromatic N) is 6. The molecule has 0 spiro atoms. The Hall–Kier alpha value is -5.18. The Balaban J connectivity index is -0.000000165. The van der Waals surface area contributed by atoms with Crippen LogP contribution in [-0.4, -0.2) is 108 Å². The monoisotopic (exact) mass is 952 g/mol. The molecule has 364 valence electrons. The van der Waals surface area contributed by atoms with Crippen molar-refractivity contribution in [3.8, 4) is 11.5 Å². The molecule has 3 atom stereocenters. The molecule has 4 aromatic rings. The molecule has 0 fully saturated rings. The van der Waals surface area contributed by atoms with Crippen LogP contribution in [0.3, 0.4) is 0 Å². The van der Waals surface area contributed by atoms with E-state index < -0.39 is 26.1 Å². The molecule has 0 aliphatic carbocycles. The zero-order chi connectivity index (χ0) is 45.9. The normalized spacial score (nSPS) is 12.3. The van der Waals surface area contributed by atoms with E-state index in [0.29, 0.717) is 30.6 Å². The average molecular weight is 953 g/mol. The van der Waals surface area contributed by atoms with Crippen LogP contribution < -0.4 is 10.5 Å². The molecular weight excluding hydrogens is 885 g/mol. The first-order chi connectivity index (χ1) is 27.1. The summed E-state index contributed by atoms with van der Waals surface area (Å²) in [6, 6.07) is 20.0. The number of benzene rings is 2. The SMILES string of the molecule is C.C.C.CC(O)C(=N)N.CC(O)c1ncc(O)cn1.CC(O)c1ncc(OCc2ccccc2)cn1.CN(C)/C=C(/C=[N+](C)C)OCc1ccccc1.CO.Cl.F[P-](F)(F)(F)(F)F. The van der Waals surface area contributed by atoms with Crippen molar-refractivity contribution in [2.45, 2.75) is 74.6 Å². The first-order valence-corrected chi connectivity index (χ1v) is 19.1. The molecule has 2 aromatic carbocycles. The molecule has 63 heavy (non-hydrogen) atoms. The molecule has 2 aromatic heterocycles. The van der Waals surface area contributed by atoms with Gasteiger partial charge in [0.25, 0.3) is 0 Å². The van der Waals surface area contributed by atoms with E-state index in [1.165, 1.54) is 24.9 Å². The minimum absolute atomic E-state index is 0. The first kappa shape index (κ1) is 69.5. The topological polar surface area (TPSA) is 227 Å². The summed E-state index contributed by atoms with van der Waals surface area (Å²) in [4.78, 5) is 17.3. The van der Waals surface area contributed by atoms with E-state index in [-0.39, 0.29) is 46.3 Å². The quantitative estimate of drug-likeness (QED) is 0.0186. The van der Waals surface area contributed by atoms with E-state index in [1.54, 1.807) is 26.2 Å². The Morgan fingerprint density at radius 2 is 1.08 bits per heavy atom. The summed E-state index contributed by atoms with van der Waals surface area (Å²) in [6.07, 6.45) is 7.43. The molecule has 15 nitrogen and oxygen atoms in total. The average Bonchev–Trinajstić information content (AvgIpc) is 3.14. The van der Waals surface area contributed by atoms with Gasteiger partial charge in [0.1, 0.15) is 51.5 Å². The fourth-order valence-electron chi connectivity index (χ4n) is 3.26. The van der Waals surface area contributed by atoms with Gasteiger partial charge in [0.05, 0.1) is 24.8 Å². The number of hydrogen-bond donors (Lipinski definition) is 7. The van der Waals surface area contributed by atoms with Crippen molar-refractivity contribution in [3.63, 3.8) is 0 Å². The van der Waals surface area contributed by atoms with E-state index in [9.17, 15) is 30.3 Å². The second-order valence-electron chi connectivity index (χ2n) is 12.2. The Labute approximate surface area is 373 Å². The second kappa shape index (κ2) is 33.4. The molecule has 0 aliphatic rings. The molecule has 0 saturated carbocycles. The zero-order valence-corrected chi connectivity index (χ0v) is 36.0. The molecule has 0 radical (unpaired) electrons. The third-order valence-electron chi connectivity index (χ3n) is 5.77. The number of rotatable bonds is 11. The third-order valence-corrected chi connectivity index (χ3v) is 5.77. The van der Waals surface area contributed by atoms with E-state index in [1.807, 2.05) is 98.6 Å². The number of hydrogen-bond acceptors (Lipinski definition) is 13. The van der Waals surface area contributed by atoms with Gasteiger partial charge < -0.3 is 45.6 Å². The van der Waals surface area contributed by atoms with Crippen LogP contribution in [0.15, 0.2) is 97.4 Å². The first-order valence-electron chi connectivity index (χ1n) is 17.1. The van der Waals surface area contributed by atoms with Gasteiger partial charge >= 0.3 is 33.0 Å². The summed E-state index contributed by atoms with van der Waals surface area (Å²) in [5.74, 6) is 1.98. The van der Waals surface area contributed by atoms with E-state index in [4.69, 9.17) is 41.0 Å². The number of allylic oxidation sites excluding steroid dienone is 1. The third kappa shape index (κ3) is 46.2. The van der Waals surface area contributed by atoms with Crippen molar-refractivity contribution in [1.82, 2.24) is 24.8 Å². The Kier molecular flexibility index (Phi) is 36.8. The molecular formula is C40H68ClF6N8O7P. The summed E-state index contributed by atoms with van der Waals surface area (Å²) in [6.45, 7) is 5.71. The van der Waals surface area contributed by atoms with Crippen molar-refractivity contribution in [1.29, 1.82) is 5.41 Å². The molecule has 23 heteroatoms. The summed E-state index contributed by atoms with van der Waals surface area (Å²) >= 11 is 0. The number of aliphatic hydroxyl groups is 4. The van der Waals surface area contributed by atoms with E-state index >= 15 is 0 Å². The number of nitrogens with one attached hydrogen (secondary N) is 1. The van der Waals surface area contributed by atoms with Crippen molar-refractivity contribution in [2.75, 3.05) is 35.3 Å². The van der Waals surface area contributed by atoms with Gasteiger partial charge in [-0.25, -0.2) is 24.5 Å². The van der Waals surface area contributed by atoms with Crippen LogP contribution >= 0.6 is 20.2 Å². The Morgan fingerprint density at radius 1 is 0.746 bits per heavy atom. The van der Waals surface area contributed by atoms with Crippen LogP contribution in [0.5, 0.6) is 11.5 Å². The molecule has 3 unspecified atom stereocenters. The molecule has 0 saturated heterocycles. The van der Waals surface area contributed by atoms with Crippen molar-refractivity contribution in [3.05, 3.63) is 120 Å². The number of ether oxygens (including phenoxy) is 2. The van der Waals surface area contributed by atoms with Crippen molar-refractivity contribution >= 4 is 32.3 Å². The van der Waals surface area contributed by atoms with Gasteiger partial charge in [-0.15, -0.1) is 12.4 Å². The van der Waals surface area contributed by atoms with Gasteiger partial charge in [-0.2, -0.15) is 0 Å². The van der Waals surface area contributed by atoms with Crippen LogP contribution in [0.1, 0.15) is 78.0 Å². The zero-order valence-electron chi connectivity index (χ0n) is 34.3. The van der Waals surface area contributed by atoms with Gasteiger partial charge in [-0.1, -0.05) is 82.9 Å². The number of aromatic hydroxyl groups is 1. The van der Waals surface area contributed by atoms with E-state index in [0.717, 1.165) is 18.4 Å². The van der Waals surface area contributed by atoms with Crippen LogP contribution in [0.25, 0.3) is 0 Å². The maximum atomic E-state index is 9.87. The summed E-state index contributed by atoms with van der Waals surface area (Å²) in [5.41, 5.74) is 7.03. The molecule has 0 amide bonds. The summed E-state index contributed by atoms with van der Waals surface area (Å²) in [7, 11) is -1.73. The minimum atomic E-state index is -10.7. The van der Waals surface area contributed by atoms with Gasteiger partial charge in [0, 0.05) is 27.4 Å². The molecule has 0 aliphatic heterocycles. The number of amidine groups is 1. The molecule has 4 rings (SSSR count).